The van der Waals surface area contributed by atoms with Crippen molar-refractivity contribution in [1.82, 2.24) is 14.9 Å². The number of hydrogen-bond donors (Lipinski definition) is 1. The Labute approximate surface area is 118 Å². The van der Waals surface area contributed by atoms with Crippen molar-refractivity contribution in [1.29, 1.82) is 0 Å². The highest BCUT2D eigenvalue weighted by molar-refractivity contribution is 5.57. The molecule has 0 atom stereocenters. The van der Waals surface area contributed by atoms with Gasteiger partial charge in [0.15, 0.2) is 0 Å². The molecule has 0 bridgehead atoms. The van der Waals surface area contributed by atoms with Gasteiger partial charge in [0.1, 0.15) is 11.6 Å². The summed E-state index contributed by atoms with van der Waals surface area (Å²) < 4.78 is 16.1. The smallest absolute Gasteiger partial charge is 0.142 e. The zero-order chi connectivity index (χ0) is 13.9. The van der Waals surface area contributed by atoms with Crippen LogP contribution in [0.15, 0.2) is 30.6 Å². The largest absolute Gasteiger partial charge is 0.331 e. The van der Waals surface area contributed by atoms with Gasteiger partial charge in [0, 0.05) is 31.5 Å². The predicted molar refractivity (Wildman–Crippen MR) is 77.8 cm³/mol. The molecule has 0 amide bonds. The second-order valence-corrected chi connectivity index (χ2v) is 5.41. The van der Waals surface area contributed by atoms with Crippen LogP contribution in [0, 0.1) is 5.82 Å². The van der Waals surface area contributed by atoms with Crippen LogP contribution in [0.2, 0.25) is 0 Å². The van der Waals surface area contributed by atoms with Gasteiger partial charge in [0.2, 0.25) is 0 Å². The molecule has 0 aliphatic heterocycles. The molecule has 1 aromatic carbocycles. The van der Waals surface area contributed by atoms with E-state index in [1.165, 1.54) is 12.8 Å². The fourth-order valence-corrected chi connectivity index (χ4v) is 2.38. The standard InChI is InChI=1S/C16H20FN3/c1-2-8-20-9-7-18-16(20)14-10-12(3-6-15(14)17)11-19-13-4-5-13/h3,6-7,9-10,13,19H,2,4-5,8,11H2,1H3. The summed E-state index contributed by atoms with van der Waals surface area (Å²) in [4.78, 5) is 4.32. The van der Waals surface area contributed by atoms with Crippen molar-refractivity contribution in [2.45, 2.75) is 45.3 Å². The molecule has 0 spiro atoms. The van der Waals surface area contributed by atoms with Crippen molar-refractivity contribution in [3.8, 4) is 11.4 Å². The van der Waals surface area contributed by atoms with E-state index in [4.69, 9.17) is 0 Å². The zero-order valence-electron chi connectivity index (χ0n) is 11.8. The first-order valence-electron chi connectivity index (χ1n) is 7.31. The fraction of sp³-hybridized carbons (Fsp3) is 0.438. The molecule has 4 heteroatoms. The molecule has 1 saturated carbocycles. The van der Waals surface area contributed by atoms with E-state index in [0.717, 1.165) is 30.9 Å². The summed E-state index contributed by atoms with van der Waals surface area (Å²) in [5, 5.41) is 3.45. The lowest BCUT2D eigenvalue weighted by atomic mass is 10.1. The molecule has 1 aliphatic carbocycles. The zero-order valence-corrected chi connectivity index (χ0v) is 11.8. The molecule has 2 aromatic rings. The van der Waals surface area contributed by atoms with Gasteiger partial charge in [-0.3, -0.25) is 0 Å². The van der Waals surface area contributed by atoms with E-state index in [1.54, 1.807) is 12.3 Å². The lowest BCUT2D eigenvalue weighted by Crippen LogP contribution is -2.15. The minimum Gasteiger partial charge on any atom is -0.331 e. The van der Waals surface area contributed by atoms with E-state index in [0.29, 0.717) is 11.6 Å². The molecule has 3 rings (SSSR count). The Balaban J connectivity index is 1.86. The van der Waals surface area contributed by atoms with Crippen molar-refractivity contribution in [2.24, 2.45) is 0 Å². The lowest BCUT2D eigenvalue weighted by Gasteiger charge is -2.10. The third kappa shape index (κ3) is 2.90. The number of aromatic nitrogens is 2. The number of hydrogen-bond acceptors (Lipinski definition) is 2. The van der Waals surface area contributed by atoms with E-state index in [1.807, 2.05) is 22.9 Å². The maximum Gasteiger partial charge on any atom is 0.142 e. The second-order valence-electron chi connectivity index (χ2n) is 5.41. The van der Waals surface area contributed by atoms with Crippen LogP contribution >= 0.6 is 0 Å². The van der Waals surface area contributed by atoms with Crippen LogP contribution in [0.3, 0.4) is 0 Å². The van der Waals surface area contributed by atoms with Gasteiger partial charge >= 0.3 is 0 Å². The van der Waals surface area contributed by atoms with Crippen molar-refractivity contribution in [3.05, 3.63) is 42.0 Å². The molecular weight excluding hydrogens is 253 g/mol. The quantitative estimate of drug-likeness (QED) is 0.874. The number of benzene rings is 1. The average molecular weight is 273 g/mol. The van der Waals surface area contributed by atoms with Crippen molar-refractivity contribution < 1.29 is 4.39 Å². The van der Waals surface area contributed by atoms with Gasteiger partial charge < -0.3 is 9.88 Å². The Hall–Kier alpha value is -1.68. The third-order valence-electron chi connectivity index (χ3n) is 3.62. The van der Waals surface area contributed by atoms with Gasteiger partial charge in [-0.25, -0.2) is 9.37 Å². The summed E-state index contributed by atoms with van der Waals surface area (Å²) in [5.41, 5.74) is 1.71. The van der Waals surface area contributed by atoms with Crippen molar-refractivity contribution in [3.63, 3.8) is 0 Å². The second kappa shape index (κ2) is 5.75. The highest BCUT2D eigenvalue weighted by atomic mass is 19.1. The molecular formula is C16H20FN3. The van der Waals surface area contributed by atoms with Crippen LogP contribution in [-0.4, -0.2) is 15.6 Å². The van der Waals surface area contributed by atoms with Gasteiger partial charge in [-0.15, -0.1) is 0 Å². The number of halogens is 1. The topological polar surface area (TPSA) is 29.9 Å². The molecule has 1 aromatic heterocycles. The predicted octanol–water partition coefficient (Wildman–Crippen LogP) is 3.35. The Morgan fingerprint density at radius 2 is 2.25 bits per heavy atom. The van der Waals surface area contributed by atoms with Crippen LogP contribution < -0.4 is 5.32 Å². The van der Waals surface area contributed by atoms with Crippen LogP contribution in [-0.2, 0) is 13.1 Å². The SMILES string of the molecule is CCCn1ccnc1-c1cc(CNC2CC2)ccc1F. The summed E-state index contributed by atoms with van der Waals surface area (Å²) in [5.74, 6) is 0.515. The molecule has 1 fully saturated rings. The molecule has 3 nitrogen and oxygen atoms in total. The summed E-state index contributed by atoms with van der Waals surface area (Å²) in [6, 6.07) is 5.97. The first-order valence-corrected chi connectivity index (χ1v) is 7.31. The molecule has 0 saturated heterocycles. The molecule has 0 radical (unpaired) electrons. The minimum absolute atomic E-state index is 0.205. The highest BCUT2D eigenvalue weighted by Gasteiger charge is 2.20. The number of rotatable bonds is 6. The van der Waals surface area contributed by atoms with Gasteiger partial charge in [-0.2, -0.15) is 0 Å². The number of aryl methyl sites for hydroxylation is 1. The van der Waals surface area contributed by atoms with Crippen LogP contribution in [0.25, 0.3) is 11.4 Å². The first-order chi connectivity index (χ1) is 9.78. The average Bonchev–Trinajstić information content (AvgIpc) is 3.17. The van der Waals surface area contributed by atoms with E-state index in [9.17, 15) is 4.39 Å². The van der Waals surface area contributed by atoms with E-state index < -0.39 is 0 Å². The maximum atomic E-state index is 14.1. The third-order valence-corrected chi connectivity index (χ3v) is 3.62. The minimum atomic E-state index is -0.205. The van der Waals surface area contributed by atoms with Crippen molar-refractivity contribution in [2.75, 3.05) is 0 Å². The summed E-state index contributed by atoms with van der Waals surface area (Å²) >= 11 is 0. The normalized spacial score (nSPS) is 14.7. The Morgan fingerprint density at radius 3 is 3.00 bits per heavy atom. The van der Waals surface area contributed by atoms with Gasteiger partial charge in [0.25, 0.3) is 0 Å². The van der Waals surface area contributed by atoms with Gasteiger partial charge in [-0.1, -0.05) is 13.0 Å². The Kier molecular flexibility index (Phi) is 3.83. The van der Waals surface area contributed by atoms with Crippen LogP contribution in [0.1, 0.15) is 31.7 Å². The molecule has 1 heterocycles. The first kappa shape index (κ1) is 13.3. The van der Waals surface area contributed by atoms with Crippen molar-refractivity contribution >= 4 is 0 Å². The Morgan fingerprint density at radius 1 is 1.40 bits per heavy atom. The molecule has 0 unspecified atom stereocenters. The molecule has 20 heavy (non-hydrogen) atoms. The van der Waals surface area contributed by atoms with Crippen LogP contribution in [0.4, 0.5) is 4.39 Å². The van der Waals surface area contributed by atoms with Gasteiger partial charge in [-0.05, 0) is 37.0 Å². The molecule has 1 N–H and O–H groups in total. The molecule has 106 valence electrons. The number of nitrogens with one attached hydrogen (secondary N) is 1. The highest BCUT2D eigenvalue weighted by Crippen LogP contribution is 2.24. The molecule has 1 aliphatic rings. The van der Waals surface area contributed by atoms with Gasteiger partial charge in [0.05, 0.1) is 5.56 Å². The van der Waals surface area contributed by atoms with E-state index in [2.05, 4.69) is 17.2 Å². The summed E-state index contributed by atoms with van der Waals surface area (Å²) in [7, 11) is 0. The Bertz CT molecular complexity index is 587. The lowest BCUT2D eigenvalue weighted by molar-refractivity contribution is 0.621. The fourth-order valence-electron chi connectivity index (χ4n) is 2.38. The van der Waals surface area contributed by atoms with E-state index >= 15 is 0 Å². The summed E-state index contributed by atoms with van der Waals surface area (Å²) in [6.45, 7) is 3.77. The number of nitrogens with zero attached hydrogens (tertiary/aromatic N) is 2. The monoisotopic (exact) mass is 273 g/mol. The van der Waals surface area contributed by atoms with E-state index in [-0.39, 0.29) is 5.82 Å². The summed E-state index contributed by atoms with van der Waals surface area (Å²) in [6.07, 6.45) is 7.17. The number of imidazole rings is 1. The maximum absolute atomic E-state index is 14.1. The van der Waals surface area contributed by atoms with Crippen LogP contribution in [0.5, 0.6) is 0 Å².